The average Bonchev–Trinajstić information content (AvgIpc) is 2.53. The number of hydrogen-bond donors (Lipinski definition) is 2. The van der Waals surface area contributed by atoms with Crippen LogP contribution in [0, 0.1) is 6.92 Å². The first-order valence-corrected chi connectivity index (χ1v) is 6.46. The molecule has 0 spiro atoms. The molecule has 5 heteroatoms. The Bertz CT molecular complexity index is 678. The van der Waals surface area contributed by atoms with Crippen molar-refractivity contribution in [1.29, 1.82) is 0 Å². The summed E-state index contributed by atoms with van der Waals surface area (Å²) in [6.45, 7) is 1.96. The molecule has 0 heterocycles. The second-order valence-corrected chi connectivity index (χ2v) is 4.71. The Labute approximate surface area is 123 Å². The van der Waals surface area contributed by atoms with Crippen LogP contribution in [0.1, 0.15) is 21.5 Å². The first kappa shape index (κ1) is 14.6. The lowest BCUT2D eigenvalue weighted by atomic mass is 10.1. The van der Waals surface area contributed by atoms with Gasteiger partial charge in [0.15, 0.2) is 5.84 Å². The number of rotatable bonds is 3. The summed E-state index contributed by atoms with van der Waals surface area (Å²) < 4.78 is 0. The van der Waals surface area contributed by atoms with Gasteiger partial charge in [-0.3, -0.25) is 4.79 Å². The van der Waals surface area contributed by atoms with Gasteiger partial charge in [-0.05, 0) is 30.7 Å². The molecule has 0 saturated heterocycles. The van der Waals surface area contributed by atoms with Crippen LogP contribution in [-0.4, -0.2) is 24.0 Å². The Morgan fingerprint density at radius 3 is 2.24 bits per heavy atom. The van der Waals surface area contributed by atoms with Crippen LogP contribution >= 0.6 is 0 Å². The Kier molecular flexibility index (Phi) is 4.23. The van der Waals surface area contributed by atoms with Gasteiger partial charge in [0.2, 0.25) is 0 Å². The van der Waals surface area contributed by atoms with Crippen molar-refractivity contribution in [2.45, 2.75) is 6.92 Å². The highest BCUT2D eigenvalue weighted by atomic mass is 16.4. The highest BCUT2D eigenvalue weighted by Gasteiger charge is 2.15. The van der Waals surface area contributed by atoms with Gasteiger partial charge in [-0.2, -0.15) is 0 Å². The standard InChI is InChI=1S/C16H17N3O2/c1-11-5-3-4-6-14(11)19(2)16(20)13-9-7-12(8-10-13)15(17)18-21/h3-10,21H,1-2H3,(H2,17,18). The highest BCUT2D eigenvalue weighted by Crippen LogP contribution is 2.20. The van der Waals surface area contributed by atoms with Crippen molar-refractivity contribution < 1.29 is 10.0 Å². The summed E-state index contributed by atoms with van der Waals surface area (Å²) in [7, 11) is 1.74. The summed E-state index contributed by atoms with van der Waals surface area (Å²) in [5.74, 6) is -0.100. The average molecular weight is 283 g/mol. The summed E-state index contributed by atoms with van der Waals surface area (Å²) in [5, 5.41) is 11.5. The van der Waals surface area contributed by atoms with E-state index >= 15 is 0 Å². The van der Waals surface area contributed by atoms with Crippen LogP contribution in [-0.2, 0) is 0 Å². The van der Waals surface area contributed by atoms with E-state index in [1.165, 1.54) is 0 Å². The van der Waals surface area contributed by atoms with Gasteiger partial charge in [-0.1, -0.05) is 35.5 Å². The quantitative estimate of drug-likeness (QED) is 0.393. The number of carbonyl (C=O) groups is 1. The first-order valence-electron chi connectivity index (χ1n) is 6.46. The molecule has 108 valence electrons. The smallest absolute Gasteiger partial charge is 0.258 e. The number of hydrogen-bond acceptors (Lipinski definition) is 3. The van der Waals surface area contributed by atoms with Crippen molar-refractivity contribution in [2.75, 3.05) is 11.9 Å². The Morgan fingerprint density at radius 1 is 1.10 bits per heavy atom. The number of aryl methyl sites for hydroxylation is 1. The van der Waals surface area contributed by atoms with E-state index in [9.17, 15) is 4.79 Å². The van der Waals surface area contributed by atoms with Crippen LogP contribution in [0.25, 0.3) is 0 Å². The maximum Gasteiger partial charge on any atom is 0.258 e. The van der Waals surface area contributed by atoms with E-state index in [1.54, 1.807) is 36.2 Å². The largest absolute Gasteiger partial charge is 0.409 e. The van der Waals surface area contributed by atoms with Gasteiger partial charge < -0.3 is 15.8 Å². The van der Waals surface area contributed by atoms with Crippen molar-refractivity contribution >= 4 is 17.4 Å². The number of amidine groups is 1. The van der Waals surface area contributed by atoms with E-state index in [2.05, 4.69) is 5.16 Å². The van der Waals surface area contributed by atoms with Crippen molar-refractivity contribution in [3.8, 4) is 0 Å². The van der Waals surface area contributed by atoms with Gasteiger partial charge in [-0.15, -0.1) is 0 Å². The minimum Gasteiger partial charge on any atom is -0.409 e. The third kappa shape index (κ3) is 3.02. The van der Waals surface area contributed by atoms with Crippen molar-refractivity contribution in [3.63, 3.8) is 0 Å². The Morgan fingerprint density at radius 2 is 1.67 bits per heavy atom. The lowest BCUT2D eigenvalue weighted by molar-refractivity contribution is 0.0993. The number of amides is 1. The molecule has 2 aromatic carbocycles. The predicted octanol–water partition coefficient (Wildman–Crippen LogP) is 2.37. The molecular weight excluding hydrogens is 266 g/mol. The molecule has 0 saturated carbocycles. The van der Waals surface area contributed by atoms with Crippen molar-refractivity contribution in [3.05, 3.63) is 65.2 Å². The molecule has 3 N–H and O–H groups in total. The summed E-state index contributed by atoms with van der Waals surface area (Å²) in [5.41, 5.74) is 8.49. The zero-order valence-electron chi connectivity index (χ0n) is 11.9. The SMILES string of the molecule is Cc1ccccc1N(C)C(=O)c1ccc(C(N)=NO)cc1. The number of nitrogens with two attached hydrogens (primary N) is 1. The van der Waals surface area contributed by atoms with E-state index in [0.29, 0.717) is 11.1 Å². The lowest BCUT2D eigenvalue weighted by Gasteiger charge is -2.19. The zero-order valence-corrected chi connectivity index (χ0v) is 11.9. The number of para-hydroxylation sites is 1. The highest BCUT2D eigenvalue weighted by molar-refractivity contribution is 6.06. The summed E-state index contributed by atoms with van der Waals surface area (Å²) in [4.78, 5) is 14.1. The maximum atomic E-state index is 12.5. The molecule has 0 atom stereocenters. The first-order chi connectivity index (χ1) is 10.0. The molecule has 1 amide bonds. The third-order valence-electron chi connectivity index (χ3n) is 3.32. The summed E-state index contributed by atoms with van der Waals surface area (Å²) >= 11 is 0. The maximum absolute atomic E-state index is 12.5. The summed E-state index contributed by atoms with van der Waals surface area (Å²) in [6.07, 6.45) is 0. The number of benzene rings is 2. The minimum absolute atomic E-state index is 0.0151. The predicted molar refractivity (Wildman–Crippen MR) is 82.9 cm³/mol. The van der Waals surface area contributed by atoms with Gasteiger partial charge in [0.1, 0.15) is 0 Å². The second kappa shape index (κ2) is 6.09. The topological polar surface area (TPSA) is 78.9 Å². The van der Waals surface area contributed by atoms with Gasteiger partial charge in [-0.25, -0.2) is 0 Å². The molecule has 2 aromatic rings. The van der Waals surface area contributed by atoms with Crippen molar-refractivity contribution in [2.24, 2.45) is 10.9 Å². The Balaban J connectivity index is 2.26. The fourth-order valence-corrected chi connectivity index (χ4v) is 2.08. The molecule has 0 radical (unpaired) electrons. The second-order valence-electron chi connectivity index (χ2n) is 4.71. The molecule has 5 nitrogen and oxygen atoms in total. The molecule has 0 aliphatic carbocycles. The molecule has 0 fully saturated rings. The summed E-state index contributed by atoms with van der Waals surface area (Å²) in [6, 6.07) is 14.3. The lowest BCUT2D eigenvalue weighted by Crippen LogP contribution is -2.27. The fraction of sp³-hybridized carbons (Fsp3) is 0.125. The number of anilines is 1. The third-order valence-corrected chi connectivity index (χ3v) is 3.32. The monoisotopic (exact) mass is 283 g/mol. The van der Waals surface area contributed by atoms with E-state index in [4.69, 9.17) is 10.9 Å². The molecule has 0 aliphatic rings. The van der Waals surface area contributed by atoms with E-state index < -0.39 is 0 Å². The van der Waals surface area contributed by atoms with E-state index in [-0.39, 0.29) is 11.7 Å². The van der Waals surface area contributed by atoms with E-state index in [0.717, 1.165) is 11.3 Å². The molecule has 0 aliphatic heterocycles. The number of carbonyl (C=O) groups excluding carboxylic acids is 1. The van der Waals surface area contributed by atoms with Crippen molar-refractivity contribution in [1.82, 2.24) is 0 Å². The van der Waals surface area contributed by atoms with Gasteiger partial charge in [0.25, 0.3) is 5.91 Å². The van der Waals surface area contributed by atoms with Gasteiger partial charge in [0, 0.05) is 23.9 Å². The molecule has 2 rings (SSSR count). The van der Waals surface area contributed by atoms with Crippen LogP contribution in [0.4, 0.5) is 5.69 Å². The molecular formula is C16H17N3O2. The molecule has 0 unspecified atom stereocenters. The van der Waals surface area contributed by atoms with Gasteiger partial charge in [0.05, 0.1) is 0 Å². The Hall–Kier alpha value is -2.82. The number of oxime groups is 1. The van der Waals surface area contributed by atoms with Crippen LogP contribution in [0.5, 0.6) is 0 Å². The molecule has 21 heavy (non-hydrogen) atoms. The van der Waals surface area contributed by atoms with Crippen LogP contribution in [0.2, 0.25) is 0 Å². The number of nitrogens with zero attached hydrogens (tertiary/aromatic N) is 2. The normalized spacial score (nSPS) is 11.2. The van der Waals surface area contributed by atoms with Gasteiger partial charge >= 0.3 is 0 Å². The molecule has 0 bridgehead atoms. The van der Waals surface area contributed by atoms with Crippen LogP contribution in [0.3, 0.4) is 0 Å². The molecule has 0 aromatic heterocycles. The van der Waals surface area contributed by atoms with Crippen LogP contribution < -0.4 is 10.6 Å². The minimum atomic E-state index is -0.115. The van der Waals surface area contributed by atoms with Crippen LogP contribution in [0.15, 0.2) is 53.7 Å². The fourth-order valence-electron chi connectivity index (χ4n) is 2.08. The van der Waals surface area contributed by atoms with E-state index in [1.807, 2.05) is 31.2 Å². The zero-order chi connectivity index (χ0) is 15.4.